The number of fused-ring (bicyclic) bond motifs is 1. The van der Waals surface area contributed by atoms with Crippen molar-refractivity contribution in [2.45, 2.75) is 45.7 Å². The summed E-state index contributed by atoms with van der Waals surface area (Å²) in [5, 5.41) is 9.11. The van der Waals surface area contributed by atoms with Gasteiger partial charge in [-0.3, -0.25) is 15.0 Å². The first-order valence-electron chi connectivity index (χ1n) is 12.8. The van der Waals surface area contributed by atoms with Crippen molar-refractivity contribution in [3.63, 3.8) is 0 Å². The van der Waals surface area contributed by atoms with Crippen LogP contribution in [0.3, 0.4) is 0 Å². The molecule has 4 unspecified atom stereocenters. The first-order valence-corrected chi connectivity index (χ1v) is 12.8. The number of hydrogen-bond donors (Lipinski definition) is 3. The fourth-order valence-corrected chi connectivity index (χ4v) is 5.39. The van der Waals surface area contributed by atoms with E-state index in [4.69, 9.17) is 0 Å². The molecule has 192 valence electrons. The third-order valence-corrected chi connectivity index (χ3v) is 7.23. The van der Waals surface area contributed by atoms with Crippen molar-refractivity contribution in [1.82, 2.24) is 25.6 Å². The number of benzene rings is 2. The van der Waals surface area contributed by atoms with Crippen LogP contribution in [0.1, 0.15) is 26.3 Å². The number of imide groups is 1. The first kappa shape index (κ1) is 24.5. The van der Waals surface area contributed by atoms with Crippen molar-refractivity contribution in [2.24, 2.45) is 11.8 Å². The van der Waals surface area contributed by atoms with Gasteiger partial charge in [-0.05, 0) is 42.7 Å². The van der Waals surface area contributed by atoms with Gasteiger partial charge >= 0.3 is 6.03 Å². The largest absolute Gasteiger partial charge is 0.368 e. The number of nitrogens with zero attached hydrogens (tertiary/aromatic N) is 4. The van der Waals surface area contributed by atoms with Gasteiger partial charge in [-0.2, -0.15) is 0 Å². The van der Waals surface area contributed by atoms with Crippen molar-refractivity contribution in [3.05, 3.63) is 60.2 Å². The van der Waals surface area contributed by atoms with Gasteiger partial charge in [-0.1, -0.05) is 44.2 Å². The van der Waals surface area contributed by atoms with Crippen LogP contribution in [-0.4, -0.2) is 71.9 Å². The Hall–Kier alpha value is -3.14. The normalized spacial score (nSPS) is 26.8. The Morgan fingerprint density at radius 3 is 2.42 bits per heavy atom. The predicted molar refractivity (Wildman–Crippen MR) is 141 cm³/mol. The van der Waals surface area contributed by atoms with Gasteiger partial charge in [0, 0.05) is 44.1 Å². The summed E-state index contributed by atoms with van der Waals surface area (Å²) in [7, 11) is 1.59. The average molecular weight is 492 g/mol. The molecule has 9 nitrogen and oxygen atoms in total. The number of anilines is 2. The smallest absolute Gasteiger partial charge is 0.327 e. The van der Waals surface area contributed by atoms with Gasteiger partial charge < -0.3 is 15.1 Å². The number of carbonyl (C=O) groups is 2. The zero-order chi connectivity index (χ0) is 25.4. The maximum atomic E-state index is 13.4. The summed E-state index contributed by atoms with van der Waals surface area (Å²) in [5.74, 6) is -0.328. The molecule has 3 aliphatic heterocycles. The minimum atomic E-state index is -0.442. The predicted octanol–water partition coefficient (Wildman–Crippen LogP) is 2.69. The number of amides is 3. The van der Waals surface area contributed by atoms with E-state index in [-0.39, 0.29) is 24.0 Å². The van der Waals surface area contributed by atoms with Gasteiger partial charge in [0.2, 0.25) is 5.91 Å². The minimum Gasteiger partial charge on any atom is -0.368 e. The summed E-state index contributed by atoms with van der Waals surface area (Å²) >= 11 is 0. The third kappa shape index (κ3) is 4.78. The van der Waals surface area contributed by atoms with Gasteiger partial charge in [0.15, 0.2) is 0 Å². The van der Waals surface area contributed by atoms with E-state index in [9.17, 15) is 9.59 Å². The molecule has 0 spiro atoms. The SMILES string of the molecule is CC(C)CN1C(=O)N(C)C(=O)C2C(Nc3ccccc3)N(Cc3ccc(N4CNC(C)C4)cc3)NC21. The summed E-state index contributed by atoms with van der Waals surface area (Å²) in [4.78, 5) is 31.9. The quantitative estimate of drug-likeness (QED) is 0.549. The first-order chi connectivity index (χ1) is 17.3. The molecule has 5 rings (SSSR count). The lowest BCUT2D eigenvalue weighted by Crippen LogP contribution is -2.64. The highest BCUT2D eigenvalue weighted by Gasteiger charge is 2.55. The van der Waals surface area contributed by atoms with Gasteiger partial charge in [-0.25, -0.2) is 15.2 Å². The number of carbonyl (C=O) groups excluding carboxylic acids is 2. The van der Waals surface area contributed by atoms with Crippen molar-refractivity contribution in [3.8, 4) is 0 Å². The number of nitrogens with one attached hydrogen (secondary N) is 3. The molecular weight excluding hydrogens is 454 g/mol. The van der Waals surface area contributed by atoms with Crippen LogP contribution in [0.2, 0.25) is 0 Å². The van der Waals surface area contributed by atoms with E-state index in [1.165, 1.54) is 10.6 Å². The molecule has 3 heterocycles. The molecule has 0 saturated carbocycles. The highest BCUT2D eigenvalue weighted by molar-refractivity contribution is 5.99. The molecule has 3 aliphatic rings. The lowest BCUT2D eigenvalue weighted by Gasteiger charge is -2.41. The molecule has 0 radical (unpaired) electrons. The van der Waals surface area contributed by atoms with Crippen LogP contribution in [0.4, 0.5) is 16.2 Å². The second-order valence-corrected chi connectivity index (χ2v) is 10.6. The van der Waals surface area contributed by atoms with Crippen LogP contribution in [0, 0.1) is 11.8 Å². The molecule has 0 aliphatic carbocycles. The highest BCUT2D eigenvalue weighted by atomic mass is 16.2. The van der Waals surface area contributed by atoms with Crippen LogP contribution >= 0.6 is 0 Å². The molecule has 2 aromatic carbocycles. The Morgan fingerprint density at radius 2 is 1.78 bits per heavy atom. The van der Waals surface area contributed by atoms with E-state index in [1.54, 1.807) is 11.9 Å². The van der Waals surface area contributed by atoms with E-state index in [0.717, 1.165) is 24.5 Å². The van der Waals surface area contributed by atoms with Gasteiger partial charge in [0.1, 0.15) is 18.2 Å². The summed E-state index contributed by atoms with van der Waals surface area (Å²) in [6.07, 6.45) is -0.723. The molecule has 9 heteroatoms. The monoisotopic (exact) mass is 491 g/mol. The number of para-hydroxylation sites is 1. The number of rotatable bonds is 7. The molecule has 3 N–H and O–H groups in total. The van der Waals surface area contributed by atoms with Crippen LogP contribution in [0.15, 0.2) is 54.6 Å². The zero-order valence-corrected chi connectivity index (χ0v) is 21.5. The Bertz CT molecular complexity index is 1080. The van der Waals surface area contributed by atoms with Crippen LogP contribution in [-0.2, 0) is 11.3 Å². The molecule has 3 amide bonds. The maximum absolute atomic E-state index is 13.4. The molecular formula is C27H37N7O2. The molecule has 3 saturated heterocycles. The Labute approximate surface area is 213 Å². The van der Waals surface area contributed by atoms with E-state index in [1.807, 2.05) is 30.3 Å². The maximum Gasteiger partial charge on any atom is 0.327 e. The average Bonchev–Trinajstić information content (AvgIpc) is 3.45. The fraction of sp³-hybridized carbons (Fsp3) is 0.481. The van der Waals surface area contributed by atoms with Crippen LogP contribution in [0.5, 0.6) is 0 Å². The summed E-state index contributed by atoms with van der Waals surface area (Å²) in [6, 6.07) is 18.8. The van der Waals surface area contributed by atoms with Crippen molar-refractivity contribution in [1.29, 1.82) is 0 Å². The lowest BCUT2D eigenvalue weighted by atomic mass is 9.97. The summed E-state index contributed by atoms with van der Waals surface area (Å²) < 4.78 is 0. The molecule has 36 heavy (non-hydrogen) atoms. The topological polar surface area (TPSA) is 83.2 Å². The van der Waals surface area contributed by atoms with E-state index >= 15 is 0 Å². The minimum absolute atomic E-state index is 0.167. The molecule has 0 bridgehead atoms. The third-order valence-electron chi connectivity index (χ3n) is 7.23. The molecule has 0 aromatic heterocycles. The van der Waals surface area contributed by atoms with E-state index in [2.05, 4.69) is 71.0 Å². The van der Waals surface area contributed by atoms with Crippen LogP contribution < -0.4 is 21.0 Å². The zero-order valence-electron chi connectivity index (χ0n) is 21.5. The Morgan fingerprint density at radius 1 is 1.06 bits per heavy atom. The van der Waals surface area contributed by atoms with Gasteiger partial charge in [0.25, 0.3) is 0 Å². The van der Waals surface area contributed by atoms with Gasteiger partial charge in [0.05, 0.1) is 6.67 Å². The second-order valence-electron chi connectivity index (χ2n) is 10.6. The lowest BCUT2D eigenvalue weighted by molar-refractivity contribution is -0.137. The van der Waals surface area contributed by atoms with E-state index in [0.29, 0.717) is 19.1 Å². The number of urea groups is 1. The Kier molecular flexibility index (Phi) is 6.87. The van der Waals surface area contributed by atoms with Crippen molar-refractivity contribution >= 4 is 23.3 Å². The second kappa shape index (κ2) is 10.1. The van der Waals surface area contributed by atoms with Crippen molar-refractivity contribution in [2.75, 3.05) is 37.0 Å². The van der Waals surface area contributed by atoms with Gasteiger partial charge in [-0.15, -0.1) is 0 Å². The van der Waals surface area contributed by atoms with Crippen LogP contribution in [0.25, 0.3) is 0 Å². The molecule has 2 aromatic rings. The summed E-state index contributed by atoms with van der Waals surface area (Å²) in [6.45, 7) is 9.39. The highest BCUT2D eigenvalue weighted by Crippen LogP contribution is 2.33. The summed E-state index contributed by atoms with van der Waals surface area (Å²) in [5.41, 5.74) is 6.80. The molecule has 4 atom stereocenters. The van der Waals surface area contributed by atoms with E-state index < -0.39 is 12.1 Å². The fourth-order valence-electron chi connectivity index (χ4n) is 5.39. The van der Waals surface area contributed by atoms with Crippen molar-refractivity contribution < 1.29 is 9.59 Å². The molecule has 3 fully saturated rings. The standard InChI is InChI=1S/C27H37N7O2/c1-18(2)14-33-25-23(26(35)31(4)27(33)36)24(29-21-8-6-5-7-9-21)34(30-25)16-20-10-12-22(13-11-20)32-15-19(3)28-17-32/h5-13,18-19,23-25,28-30H,14-17H2,1-4H3. The number of hydrazine groups is 1. The Balaban J connectivity index is 1.41. The number of hydrogen-bond acceptors (Lipinski definition) is 7.